The molecule has 3 N–H and O–H groups in total. The van der Waals surface area contributed by atoms with Crippen LogP contribution in [-0.2, 0) is 6.54 Å². The first-order valence-electron chi connectivity index (χ1n) is 7.67. The molecule has 1 saturated heterocycles. The zero-order valence-electron chi connectivity index (χ0n) is 12.7. The lowest BCUT2D eigenvalue weighted by atomic mass is 9.89. The lowest BCUT2D eigenvalue weighted by molar-refractivity contribution is -0.923. The fourth-order valence-electron chi connectivity index (χ4n) is 3.39. The molecule has 4 heteroatoms. The largest absolute Gasteiger partial charge is 0.454 e. The van der Waals surface area contributed by atoms with Gasteiger partial charge in [-0.05, 0) is 25.1 Å². The van der Waals surface area contributed by atoms with E-state index in [1.54, 1.807) is 4.90 Å². The molecule has 2 aliphatic rings. The highest BCUT2D eigenvalue weighted by atomic mass is 16.7. The first-order chi connectivity index (χ1) is 9.63. The van der Waals surface area contributed by atoms with E-state index < -0.39 is 0 Å². The molecule has 0 amide bonds. The van der Waals surface area contributed by atoms with Crippen LogP contribution >= 0.6 is 0 Å². The summed E-state index contributed by atoms with van der Waals surface area (Å²) >= 11 is 0. The second-order valence-electron chi connectivity index (χ2n) is 6.46. The number of quaternary nitrogens is 2. The highest BCUT2D eigenvalue weighted by molar-refractivity contribution is 5.44. The third kappa shape index (κ3) is 2.76. The van der Waals surface area contributed by atoms with Crippen molar-refractivity contribution in [2.45, 2.75) is 38.9 Å². The molecule has 1 unspecified atom stereocenters. The molecule has 20 heavy (non-hydrogen) atoms. The maximum absolute atomic E-state index is 5.44. The van der Waals surface area contributed by atoms with Crippen molar-refractivity contribution in [3.63, 3.8) is 0 Å². The maximum Gasteiger partial charge on any atom is 0.231 e. The van der Waals surface area contributed by atoms with Crippen molar-refractivity contribution < 1.29 is 19.7 Å². The molecule has 1 aromatic carbocycles. The van der Waals surface area contributed by atoms with Crippen LogP contribution in [0.1, 0.15) is 25.8 Å². The third-order valence-electron chi connectivity index (χ3n) is 4.94. The minimum absolute atomic E-state index is 0.356. The molecule has 110 valence electrons. The van der Waals surface area contributed by atoms with Crippen molar-refractivity contribution in [1.29, 1.82) is 0 Å². The summed E-state index contributed by atoms with van der Waals surface area (Å²) in [6, 6.07) is 7.80. The topological polar surface area (TPSA) is 39.5 Å². The van der Waals surface area contributed by atoms with Crippen LogP contribution < -0.4 is 19.7 Å². The monoisotopic (exact) mass is 278 g/mol. The van der Waals surface area contributed by atoms with E-state index >= 15 is 0 Å². The Morgan fingerprint density at radius 2 is 2.05 bits per heavy atom. The van der Waals surface area contributed by atoms with Crippen LogP contribution in [0.5, 0.6) is 11.5 Å². The van der Waals surface area contributed by atoms with Crippen molar-refractivity contribution in [1.82, 2.24) is 0 Å². The normalized spacial score (nSPS) is 32.4. The number of hydrogen-bond acceptors (Lipinski definition) is 2. The average Bonchev–Trinajstić information content (AvgIpc) is 2.89. The number of hydrogen-bond donors (Lipinski definition) is 2. The Kier molecular flexibility index (Phi) is 3.85. The molecule has 1 aromatic rings. The van der Waals surface area contributed by atoms with E-state index in [9.17, 15) is 0 Å². The van der Waals surface area contributed by atoms with E-state index in [0.717, 1.165) is 36.0 Å². The van der Waals surface area contributed by atoms with Gasteiger partial charge in [0.25, 0.3) is 0 Å². The maximum atomic E-state index is 5.44. The van der Waals surface area contributed by atoms with Crippen molar-refractivity contribution in [3.8, 4) is 11.5 Å². The Morgan fingerprint density at radius 3 is 2.90 bits per heavy atom. The van der Waals surface area contributed by atoms with Gasteiger partial charge >= 0.3 is 0 Å². The predicted octanol–water partition coefficient (Wildman–Crippen LogP) is -0.210. The molecule has 4 atom stereocenters. The average molecular weight is 278 g/mol. The summed E-state index contributed by atoms with van der Waals surface area (Å²) in [6.45, 7) is 7.41. The number of nitrogens with two attached hydrogens (primary N) is 1. The smallest absolute Gasteiger partial charge is 0.231 e. The van der Waals surface area contributed by atoms with Gasteiger partial charge in [0, 0.05) is 5.56 Å². The Bertz CT molecular complexity index is 478. The minimum Gasteiger partial charge on any atom is -0.454 e. The molecule has 0 spiro atoms. The zero-order chi connectivity index (χ0) is 14.1. The minimum atomic E-state index is 0.356. The molecule has 4 nitrogen and oxygen atoms in total. The van der Waals surface area contributed by atoms with E-state index in [-0.39, 0.29) is 0 Å². The Morgan fingerprint density at radius 1 is 1.25 bits per heavy atom. The van der Waals surface area contributed by atoms with E-state index in [1.165, 1.54) is 18.5 Å². The SMILES string of the molecule is C[C@@H]1C[NH+](C)[C@H](C)C[C@H]1[NH2+]Cc1ccc2c(c1)OCO2. The van der Waals surface area contributed by atoms with Crippen LogP contribution in [0.2, 0.25) is 0 Å². The van der Waals surface area contributed by atoms with Crippen molar-refractivity contribution in [3.05, 3.63) is 23.8 Å². The lowest BCUT2D eigenvalue weighted by Crippen LogP contribution is -3.16. The zero-order valence-corrected chi connectivity index (χ0v) is 12.7. The van der Waals surface area contributed by atoms with Crippen LogP contribution in [0.15, 0.2) is 18.2 Å². The fourth-order valence-corrected chi connectivity index (χ4v) is 3.39. The van der Waals surface area contributed by atoms with E-state index in [2.05, 4.69) is 38.3 Å². The van der Waals surface area contributed by atoms with Crippen molar-refractivity contribution in [2.24, 2.45) is 5.92 Å². The number of nitrogens with one attached hydrogen (secondary N) is 1. The molecule has 0 bridgehead atoms. The number of likely N-dealkylation sites (tertiary alicyclic amines) is 1. The highest BCUT2D eigenvalue weighted by Gasteiger charge is 2.34. The van der Waals surface area contributed by atoms with E-state index in [1.807, 2.05) is 6.07 Å². The third-order valence-corrected chi connectivity index (χ3v) is 4.94. The first kappa shape index (κ1) is 13.7. The first-order valence-corrected chi connectivity index (χ1v) is 7.67. The number of piperidine rings is 1. The van der Waals surface area contributed by atoms with Gasteiger partial charge in [0.05, 0.1) is 38.0 Å². The molecule has 0 aliphatic carbocycles. The molecule has 0 aromatic heterocycles. The lowest BCUT2D eigenvalue weighted by Gasteiger charge is -2.35. The standard InChI is InChI=1S/C16H24N2O2/c1-11-9-18(3)12(2)6-14(11)17-8-13-4-5-15-16(7-13)20-10-19-15/h4-5,7,11-12,14,17H,6,8-10H2,1-3H3/p+2/t11-,12-,14-/m1/s1. The highest BCUT2D eigenvalue weighted by Crippen LogP contribution is 2.32. The molecule has 1 fully saturated rings. The van der Waals surface area contributed by atoms with Crippen molar-refractivity contribution in [2.75, 3.05) is 20.4 Å². The van der Waals surface area contributed by atoms with Gasteiger partial charge in [0.2, 0.25) is 6.79 Å². The Balaban J connectivity index is 1.59. The number of ether oxygens (including phenoxy) is 2. The molecular weight excluding hydrogens is 252 g/mol. The summed E-state index contributed by atoms with van der Waals surface area (Å²) in [5.41, 5.74) is 1.32. The van der Waals surface area contributed by atoms with Gasteiger partial charge in [-0.2, -0.15) is 0 Å². The summed E-state index contributed by atoms with van der Waals surface area (Å²) < 4.78 is 10.8. The summed E-state index contributed by atoms with van der Waals surface area (Å²) in [6.07, 6.45) is 1.30. The molecular formula is C16H26N2O2+2. The fraction of sp³-hybridized carbons (Fsp3) is 0.625. The van der Waals surface area contributed by atoms with Gasteiger partial charge in [0.15, 0.2) is 11.5 Å². The van der Waals surface area contributed by atoms with Gasteiger partial charge in [0.1, 0.15) is 6.54 Å². The Labute approximate surface area is 121 Å². The summed E-state index contributed by atoms with van der Waals surface area (Å²) in [5.74, 6) is 2.55. The molecule has 0 saturated carbocycles. The van der Waals surface area contributed by atoms with Crippen molar-refractivity contribution >= 4 is 0 Å². The van der Waals surface area contributed by atoms with Crippen LogP contribution in [0, 0.1) is 5.92 Å². The summed E-state index contributed by atoms with van der Waals surface area (Å²) in [7, 11) is 2.31. The summed E-state index contributed by atoms with van der Waals surface area (Å²) in [4.78, 5) is 1.67. The Hall–Kier alpha value is -1.26. The second-order valence-corrected chi connectivity index (χ2v) is 6.46. The van der Waals surface area contributed by atoms with Gasteiger partial charge in [-0.3, -0.25) is 0 Å². The summed E-state index contributed by atoms with van der Waals surface area (Å²) in [5, 5.41) is 2.51. The van der Waals surface area contributed by atoms with Crippen LogP contribution in [0.4, 0.5) is 0 Å². The van der Waals surface area contributed by atoms with Gasteiger partial charge in [-0.1, -0.05) is 6.92 Å². The van der Waals surface area contributed by atoms with E-state index in [0.29, 0.717) is 6.79 Å². The van der Waals surface area contributed by atoms with E-state index in [4.69, 9.17) is 9.47 Å². The number of fused-ring (bicyclic) bond motifs is 1. The predicted molar refractivity (Wildman–Crippen MR) is 77.0 cm³/mol. The molecule has 2 aliphatic heterocycles. The second kappa shape index (κ2) is 5.62. The quantitative estimate of drug-likeness (QED) is 0.803. The van der Waals surface area contributed by atoms with Gasteiger partial charge in [-0.15, -0.1) is 0 Å². The number of benzene rings is 1. The number of rotatable bonds is 3. The van der Waals surface area contributed by atoms with Crippen LogP contribution in [0.3, 0.4) is 0 Å². The van der Waals surface area contributed by atoms with Crippen LogP contribution in [-0.4, -0.2) is 32.5 Å². The molecule has 3 rings (SSSR count). The van der Waals surface area contributed by atoms with Crippen LogP contribution in [0.25, 0.3) is 0 Å². The molecule has 0 radical (unpaired) electrons. The van der Waals surface area contributed by atoms with Gasteiger partial charge < -0.3 is 19.7 Å². The van der Waals surface area contributed by atoms with Gasteiger partial charge in [-0.25, -0.2) is 0 Å². The molecule has 2 heterocycles.